The van der Waals surface area contributed by atoms with Crippen LogP contribution in [0.5, 0.6) is 0 Å². The Labute approximate surface area is 107 Å². The molecule has 4 nitrogen and oxygen atoms in total. The van der Waals surface area contributed by atoms with Crippen molar-refractivity contribution in [2.24, 2.45) is 11.8 Å². The molecule has 2 atom stereocenters. The molecule has 0 aromatic carbocycles. The highest BCUT2D eigenvalue weighted by Gasteiger charge is 2.34. The van der Waals surface area contributed by atoms with Gasteiger partial charge in [-0.25, -0.2) is 0 Å². The van der Waals surface area contributed by atoms with Crippen molar-refractivity contribution in [3.05, 3.63) is 0 Å². The topological polar surface area (TPSA) is 57.6 Å². The van der Waals surface area contributed by atoms with Crippen LogP contribution in [0.25, 0.3) is 0 Å². The average molecular weight is 259 g/mol. The van der Waals surface area contributed by atoms with E-state index in [-0.39, 0.29) is 10.7 Å². The molecule has 0 aromatic heterocycles. The molecule has 5 heteroatoms. The first-order valence-corrected chi connectivity index (χ1v) is 6.89. The van der Waals surface area contributed by atoms with Crippen LogP contribution in [-0.2, 0) is 9.59 Å². The van der Waals surface area contributed by atoms with Crippen LogP contribution >= 0.6 is 11.8 Å². The summed E-state index contributed by atoms with van der Waals surface area (Å²) in [6, 6.07) is 0. The summed E-state index contributed by atoms with van der Waals surface area (Å²) in [5.74, 6) is -1.09. The van der Waals surface area contributed by atoms with Crippen molar-refractivity contribution >= 4 is 23.6 Å². The quantitative estimate of drug-likeness (QED) is 0.838. The Hall–Kier alpha value is -0.710. The number of carboxylic acid groups (broad SMARTS) is 1. The molecule has 1 saturated heterocycles. The van der Waals surface area contributed by atoms with Gasteiger partial charge in [0, 0.05) is 29.5 Å². The molecule has 0 saturated carbocycles. The number of hydrogen-bond donors (Lipinski definition) is 1. The Kier molecular flexibility index (Phi) is 4.47. The van der Waals surface area contributed by atoms with Crippen LogP contribution in [0, 0.1) is 11.8 Å². The van der Waals surface area contributed by atoms with E-state index in [4.69, 9.17) is 5.11 Å². The lowest BCUT2D eigenvalue weighted by Crippen LogP contribution is -2.49. The van der Waals surface area contributed by atoms with E-state index in [1.807, 2.05) is 11.8 Å². The summed E-state index contributed by atoms with van der Waals surface area (Å²) in [6.45, 7) is 8.95. The fourth-order valence-electron chi connectivity index (χ4n) is 1.92. The highest BCUT2D eigenvalue weighted by molar-refractivity contribution is 8.00. The van der Waals surface area contributed by atoms with Crippen LogP contribution in [0.2, 0.25) is 0 Å². The average Bonchev–Trinajstić information content (AvgIpc) is 2.24. The minimum absolute atomic E-state index is 0.0340. The fraction of sp³-hybridized carbons (Fsp3) is 0.833. The number of carbonyl (C=O) groups excluding carboxylic acids is 1. The van der Waals surface area contributed by atoms with Gasteiger partial charge in [0.1, 0.15) is 0 Å². The fourth-order valence-corrected chi connectivity index (χ4v) is 3.03. The van der Waals surface area contributed by atoms with Crippen molar-refractivity contribution in [3.63, 3.8) is 0 Å². The van der Waals surface area contributed by atoms with E-state index in [9.17, 15) is 9.59 Å². The van der Waals surface area contributed by atoms with Gasteiger partial charge in [-0.05, 0) is 13.8 Å². The molecule has 2 unspecified atom stereocenters. The summed E-state index contributed by atoms with van der Waals surface area (Å²) in [7, 11) is 0. The van der Waals surface area contributed by atoms with E-state index >= 15 is 0 Å². The van der Waals surface area contributed by atoms with Gasteiger partial charge in [0.15, 0.2) is 0 Å². The van der Waals surface area contributed by atoms with Crippen LogP contribution in [0.3, 0.4) is 0 Å². The van der Waals surface area contributed by atoms with Gasteiger partial charge in [0.2, 0.25) is 5.91 Å². The van der Waals surface area contributed by atoms with E-state index in [0.29, 0.717) is 6.54 Å². The Balaban J connectivity index is 2.66. The van der Waals surface area contributed by atoms with Gasteiger partial charge in [0.25, 0.3) is 0 Å². The molecular weight excluding hydrogens is 238 g/mol. The zero-order chi connectivity index (χ0) is 13.2. The molecule has 1 heterocycles. The predicted molar refractivity (Wildman–Crippen MR) is 69.1 cm³/mol. The zero-order valence-electron chi connectivity index (χ0n) is 10.9. The summed E-state index contributed by atoms with van der Waals surface area (Å²) < 4.78 is 0.0695. The van der Waals surface area contributed by atoms with E-state index in [0.717, 1.165) is 12.3 Å². The highest BCUT2D eigenvalue weighted by atomic mass is 32.2. The lowest BCUT2D eigenvalue weighted by molar-refractivity contribution is -0.149. The highest BCUT2D eigenvalue weighted by Crippen LogP contribution is 2.30. The summed E-state index contributed by atoms with van der Waals surface area (Å²) >= 11 is 1.86. The van der Waals surface area contributed by atoms with Crippen molar-refractivity contribution < 1.29 is 14.7 Å². The molecule has 1 amide bonds. The maximum absolute atomic E-state index is 12.2. The summed E-state index contributed by atoms with van der Waals surface area (Å²) in [4.78, 5) is 24.9. The van der Waals surface area contributed by atoms with Gasteiger partial charge in [-0.15, -0.1) is 0 Å². The van der Waals surface area contributed by atoms with E-state index < -0.39 is 17.8 Å². The largest absolute Gasteiger partial charge is 0.481 e. The van der Waals surface area contributed by atoms with Crippen molar-refractivity contribution in [2.75, 3.05) is 18.8 Å². The van der Waals surface area contributed by atoms with Gasteiger partial charge in [-0.3, -0.25) is 9.59 Å². The van der Waals surface area contributed by atoms with Crippen LogP contribution in [-0.4, -0.2) is 45.5 Å². The monoisotopic (exact) mass is 259 g/mol. The van der Waals surface area contributed by atoms with Crippen molar-refractivity contribution in [3.8, 4) is 0 Å². The molecule has 17 heavy (non-hydrogen) atoms. The molecule has 1 fully saturated rings. The number of aliphatic carboxylic acids is 1. The standard InChI is InChI=1S/C12H21NO3S/c1-8(9(2)11(15)16)10(14)13-5-6-17-12(3,4)7-13/h8-9H,5-7H2,1-4H3,(H,15,16). The second-order valence-electron chi connectivity index (χ2n) is 5.28. The number of amides is 1. The summed E-state index contributed by atoms with van der Waals surface area (Å²) in [5, 5.41) is 8.93. The molecule has 0 radical (unpaired) electrons. The first kappa shape index (κ1) is 14.4. The first-order chi connectivity index (χ1) is 7.74. The second kappa shape index (κ2) is 5.29. The molecule has 0 aromatic rings. The lowest BCUT2D eigenvalue weighted by Gasteiger charge is -2.39. The smallest absolute Gasteiger partial charge is 0.307 e. The Morgan fingerprint density at radius 2 is 1.88 bits per heavy atom. The third kappa shape index (κ3) is 3.63. The Bertz CT molecular complexity index is 317. The molecule has 98 valence electrons. The van der Waals surface area contributed by atoms with Crippen LogP contribution < -0.4 is 0 Å². The van der Waals surface area contributed by atoms with Gasteiger partial charge in [-0.2, -0.15) is 11.8 Å². The predicted octanol–water partition coefficient (Wildman–Crippen LogP) is 1.70. The summed E-state index contributed by atoms with van der Waals surface area (Å²) in [6.07, 6.45) is 0. The second-order valence-corrected chi connectivity index (χ2v) is 7.09. The summed E-state index contributed by atoms with van der Waals surface area (Å²) in [5.41, 5.74) is 0. The van der Waals surface area contributed by atoms with Crippen LogP contribution in [0.1, 0.15) is 27.7 Å². The first-order valence-electron chi connectivity index (χ1n) is 5.90. The van der Waals surface area contributed by atoms with Crippen molar-refractivity contribution in [1.29, 1.82) is 0 Å². The number of carboxylic acids is 1. The molecule has 1 aliphatic heterocycles. The SMILES string of the molecule is CC(C(=O)O)C(C)C(=O)N1CCSC(C)(C)C1. The van der Waals surface area contributed by atoms with Gasteiger partial charge >= 0.3 is 5.97 Å². The van der Waals surface area contributed by atoms with Gasteiger partial charge < -0.3 is 10.0 Å². The lowest BCUT2D eigenvalue weighted by atomic mass is 9.94. The number of rotatable bonds is 3. The van der Waals surface area contributed by atoms with Gasteiger partial charge in [-0.1, -0.05) is 13.8 Å². The van der Waals surface area contributed by atoms with E-state index in [1.165, 1.54) is 0 Å². The molecule has 0 aliphatic carbocycles. The third-order valence-electron chi connectivity index (χ3n) is 3.27. The molecular formula is C12H21NO3S. The normalized spacial score (nSPS) is 22.9. The van der Waals surface area contributed by atoms with Crippen molar-refractivity contribution in [2.45, 2.75) is 32.4 Å². The Morgan fingerprint density at radius 1 is 1.29 bits per heavy atom. The minimum Gasteiger partial charge on any atom is -0.481 e. The third-order valence-corrected chi connectivity index (χ3v) is 4.56. The Morgan fingerprint density at radius 3 is 2.35 bits per heavy atom. The molecule has 0 bridgehead atoms. The molecule has 1 N–H and O–H groups in total. The van der Waals surface area contributed by atoms with Crippen LogP contribution in [0.15, 0.2) is 0 Å². The van der Waals surface area contributed by atoms with Crippen LogP contribution in [0.4, 0.5) is 0 Å². The van der Waals surface area contributed by atoms with E-state index in [1.54, 1.807) is 18.7 Å². The molecule has 0 spiro atoms. The minimum atomic E-state index is -0.906. The number of nitrogens with zero attached hydrogens (tertiary/aromatic N) is 1. The maximum atomic E-state index is 12.2. The maximum Gasteiger partial charge on any atom is 0.307 e. The number of thioether (sulfide) groups is 1. The molecule has 1 rings (SSSR count). The zero-order valence-corrected chi connectivity index (χ0v) is 11.7. The van der Waals surface area contributed by atoms with Gasteiger partial charge in [0.05, 0.1) is 5.92 Å². The number of hydrogen-bond acceptors (Lipinski definition) is 3. The van der Waals surface area contributed by atoms with E-state index in [2.05, 4.69) is 13.8 Å². The number of carbonyl (C=O) groups is 2. The van der Waals surface area contributed by atoms with Crippen molar-refractivity contribution in [1.82, 2.24) is 4.90 Å². The molecule has 1 aliphatic rings.